The van der Waals surface area contributed by atoms with E-state index in [-0.39, 0.29) is 11.9 Å². The first kappa shape index (κ1) is 13.6. The van der Waals surface area contributed by atoms with Crippen LogP contribution in [0.2, 0.25) is 0 Å². The second kappa shape index (κ2) is 5.64. The highest BCUT2D eigenvalue weighted by Crippen LogP contribution is 2.40. The summed E-state index contributed by atoms with van der Waals surface area (Å²) in [4.78, 5) is 12.6. The van der Waals surface area contributed by atoms with Crippen molar-refractivity contribution in [1.82, 2.24) is 25.5 Å². The van der Waals surface area contributed by atoms with Crippen LogP contribution in [0, 0.1) is 0 Å². The Hall–Kier alpha value is -3.02. The average molecular weight is 305 g/mol. The number of carbonyl (C=O) groups is 1. The first-order valence-corrected chi connectivity index (χ1v) is 7.51. The van der Waals surface area contributed by atoms with Gasteiger partial charge in [0, 0.05) is 12.0 Å². The predicted octanol–water partition coefficient (Wildman–Crippen LogP) is 1.95. The molecule has 0 bridgehead atoms. The van der Waals surface area contributed by atoms with Crippen molar-refractivity contribution in [2.45, 2.75) is 18.4 Å². The maximum atomic E-state index is 12.6. The van der Waals surface area contributed by atoms with Crippen molar-refractivity contribution in [3.63, 3.8) is 0 Å². The second-order valence-electron chi connectivity index (χ2n) is 5.60. The predicted molar refractivity (Wildman–Crippen MR) is 84.2 cm³/mol. The van der Waals surface area contributed by atoms with Gasteiger partial charge in [0.1, 0.15) is 6.33 Å². The summed E-state index contributed by atoms with van der Waals surface area (Å²) in [5, 5.41) is 14.2. The van der Waals surface area contributed by atoms with Crippen LogP contribution >= 0.6 is 0 Å². The normalized spacial score (nSPS) is 19.3. The maximum absolute atomic E-state index is 12.6. The Morgan fingerprint density at radius 3 is 2.65 bits per heavy atom. The molecule has 0 saturated heterocycles. The lowest BCUT2D eigenvalue weighted by Gasteiger charge is -2.09. The Bertz CT molecular complexity index is 816. The van der Waals surface area contributed by atoms with Crippen LogP contribution in [0.15, 0.2) is 60.9 Å². The molecular weight excluding hydrogens is 290 g/mol. The van der Waals surface area contributed by atoms with Crippen LogP contribution in [0.1, 0.15) is 28.3 Å². The maximum Gasteiger partial charge on any atom is 0.253 e. The third-order valence-electron chi connectivity index (χ3n) is 4.08. The van der Waals surface area contributed by atoms with E-state index in [4.69, 9.17) is 0 Å². The molecule has 1 fully saturated rings. The fourth-order valence-electron chi connectivity index (χ4n) is 2.81. The monoisotopic (exact) mass is 305 g/mol. The van der Waals surface area contributed by atoms with Crippen molar-refractivity contribution in [3.05, 3.63) is 72.1 Å². The van der Waals surface area contributed by atoms with Crippen molar-refractivity contribution in [2.75, 3.05) is 0 Å². The Labute approximate surface area is 133 Å². The highest BCUT2D eigenvalue weighted by Gasteiger charge is 2.39. The minimum atomic E-state index is -0.0977. The first-order chi connectivity index (χ1) is 11.3. The minimum absolute atomic E-state index is 0.0977. The molecule has 6 heteroatoms. The Kier molecular flexibility index (Phi) is 3.34. The topological polar surface area (TPSA) is 72.7 Å². The number of hydrogen-bond acceptors (Lipinski definition) is 4. The molecule has 0 radical (unpaired) electrons. The molecule has 114 valence electrons. The average Bonchev–Trinajstić information content (AvgIpc) is 3.15. The molecule has 1 heterocycles. The molecule has 6 nitrogen and oxygen atoms in total. The van der Waals surface area contributed by atoms with E-state index in [2.05, 4.69) is 33.0 Å². The number of hydrogen-bond donors (Lipinski definition) is 1. The van der Waals surface area contributed by atoms with Crippen LogP contribution in [0.4, 0.5) is 0 Å². The summed E-state index contributed by atoms with van der Waals surface area (Å²) in [6, 6.07) is 17.8. The van der Waals surface area contributed by atoms with Crippen LogP contribution in [-0.2, 0) is 0 Å². The first-order valence-electron chi connectivity index (χ1n) is 7.51. The lowest BCUT2D eigenvalue weighted by Crippen LogP contribution is -2.27. The van der Waals surface area contributed by atoms with Crippen molar-refractivity contribution in [1.29, 1.82) is 0 Å². The third-order valence-corrected chi connectivity index (χ3v) is 4.08. The number of benzene rings is 2. The molecule has 23 heavy (non-hydrogen) atoms. The molecule has 1 N–H and O–H groups in total. The Morgan fingerprint density at radius 1 is 1.09 bits per heavy atom. The minimum Gasteiger partial charge on any atom is -0.349 e. The van der Waals surface area contributed by atoms with Crippen LogP contribution in [0.5, 0.6) is 0 Å². The smallest absolute Gasteiger partial charge is 0.253 e. The number of rotatable bonds is 4. The van der Waals surface area contributed by atoms with Gasteiger partial charge in [0.2, 0.25) is 0 Å². The third kappa shape index (κ3) is 2.70. The molecule has 0 aliphatic heterocycles. The fraction of sp³-hybridized carbons (Fsp3) is 0.176. The van der Waals surface area contributed by atoms with Gasteiger partial charge < -0.3 is 5.32 Å². The standard InChI is InChI=1S/C17H15N5O/c23-17(19-15-10-14(15)12-6-2-1-3-7-12)13-8-4-5-9-16(13)22-11-18-20-21-22/h1-9,11,14-15H,10H2,(H,19,23). The quantitative estimate of drug-likeness (QED) is 0.799. The molecule has 2 atom stereocenters. The highest BCUT2D eigenvalue weighted by atomic mass is 16.1. The number of para-hydroxylation sites is 1. The summed E-state index contributed by atoms with van der Waals surface area (Å²) in [6.07, 6.45) is 2.46. The number of nitrogens with one attached hydrogen (secondary N) is 1. The summed E-state index contributed by atoms with van der Waals surface area (Å²) in [6.45, 7) is 0. The van der Waals surface area contributed by atoms with Crippen molar-refractivity contribution >= 4 is 5.91 Å². The van der Waals surface area contributed by atoms with E-state index in [1.807, 2.05) is 36.4 Å². The number of tetrazole rings is 1. The molecule has 1 aromatic heterocycles. The molecular formula is C17H15N5O. The van der Waals surface area contributed by atoms with Gasteiger partial charge in [-0.05, 0) is 34.5 Å². The molecule has 1 saturated carbocycles. The zero-order valence-electron chi connectivity index (χ0n) is 12.3. The number of aromatic nitrogens is 4. The lowest BCUT2D eigenvalue weighted by molar-refractivity contribution is 0.0950. The van der Waals surface area contributed by atoms with E-state index in [0.29, 0.717) is 17.2 Å². The van der Waals surface area contributed by atoms with Gasteiger partial charge in [-0.15, -0.1) is 5.10 Å². The molecule has 3 aromatic rings. The van der Waals surface area contributed by atoms with E-state index in [0.717, 1.165) is 6.42 Å². The van der Waals surface area contributed by atoms with Crippen molar-refractivity contribution < 1.29 is 4.79 Å². The van der Waals surface area contributed by atoms with Gasteiger partial charge in [0.15, 0.2) is 0 Å². The zero-order chi connectivity index (χ0) is 15.6. The fourth-order valence-corrected chi connectivity index (χ4v) is 2.81. The van der Waals surface area contributed by atoms with Crippen LogP contribution in [0.3, 0.4) is 0 Å². The lowest BCUT2D eigenvalue weighted by atomic mass is 10.1. The molecule has 2 aromatic carbocycles. The largest absolute Gasteiger partial charge is 0.349 e. The van der Waals surface area contributed by atoms with E-state index < -0.39 is 0 Å². The van der Waals surface area contributed by atoms with Gasteiger partial charge in [-0.2, -0.15) is 4.68 Å². The van der Waals surface area contributed by atoms with E-state index in [1.54, 1.807) is 6.07 Å². The summed E-state index contributed by atoms with van der Waals surface area (Å²) in [7, 11) is 0. The van der Waals surface area contributed by atoms with Crippen LogP contribution in [0.25, 0.3) is 5.69 Å². The Balaban J connectivity index is 1.51. The summed E-state index contributed by atoms with van der Waals surface area (Å²) < 4.78 is 1.50. The van der Waals surface area contributed by atoms with Gasteiger partial charge in [-0.1, -0.05) is 42.5 Å². The van der Waals surface area contributed by atoms with Crippen molar-refractivity contribution in [3.8, 4) is 5.69 Å². The molecule has 1 aliphatic carbocycles. The van der Waals surface area contributed by atoms with Gasteiger partial charge in [0.05, 0.1) is 11.3 Å². The van der Waals surface area contributed by atoms with E-state index in [1.165, 1.54) is 16.6 Å². The molecule has 4 rings (SSSR count). The van der Waals surface area contributed by atoms with Gasteiger partial charge in [-0.25, -0.2) is 0 Å². The van der Waals surface area contributed by atoms with E-state index >= 15 is 0 Å². The second-order valence-corrected chi connectivity index (χ2v) is 5.60. The molecule has 0 spiro atoms. The van der Waals surface area contributed by atoms with Crippen LogP contribution in [-0.4, -0.2) is 32.2 Å². The van der Waals surface area contributed by atoms with Gasteiger partial charge in [-0.3, -0.25) is 4.79 Å². The van der Waals surface area contributed by atoms with Gasteiger partial charge >= 0.3 is 0 Å². The number of amides is 1. The van der Waals surface area contributed by atoms with Crippen molar-refractivity contribution in [2.24, 2.45) is 0 Å². The molecule has 1 aliphatic rings. The number of carbonyl (C=O) groups excluding carboxylic acids is 1. The molecule has 2 unspecified atom stereocenters. The highest BCUT2D eigenvalue weighted by molar-refractivity contribution is 5.98. The molecule has 1 amide bonds. The van der Waals surface area contributed by atoms with Crippen LogP contribution < -0.4 is 5.32 Å². The zero-order valence-corrected chi connectivity index (χ0v) is 12.3. The summed E-state index contributed by atoms with van der Waals surface area (Å²) in [5.74, 6) is 0.305. The Morgan fingerprint density at radius 2 is 1.87 bits per heavy atom. The van der Waals surface area contributed by atoms with E-state index in [9.17, 15) is 4.79 Å². The summed E-state index contributed by atoms with van der Waals surface area (Å²) >= 11 is 0. The van der Waals surface area contributed by atoms with Gasteiger partial charge in [0.25, 0.3) is 5.91 Å². The SMILES string of the molecule is O=C(NC1CC1c1ccccc1)c1ccccc1-n1cnnn1. The number of nitrogens with zero attached hydrogens (tertiary/aromatic N) is 4. The summed E-state index contributed by atoms with van der Waals surface area (Å²) in [5.41, 5.74) is 2.51.